The first-order valence-corrected chi connectivity index (χ1v) is 9.91. The van der Waals surface area contributed by atoms with E-state index in [-0.39, 0.29) is 13.2 Å². The highest BCUT2D eigenvalue weighted by Crippen LogP contribution is 2.18. The van der Waals surface area contributed by atoms with Crippen LogP contribution in [-0.4, -0.2) is 77.5 Å². The Hall–Kier alpha value is -0.243. The molecule has 4 N–H and O–H groups in total. The van der Waals surface area contributed by atoms with Crippen LogP contribution in [0.2, 0.25) is 19.6 Å². The lowest BCUT2D eigenvalue weighted by Gasteiger charge is -2.42. The first-order chi connectivity index (χ1) is 8.26. The third-order valence-corrected chi connectivity index (χ3v) is 4.41. The van der Waals surface area contributed by atoms with Crippen molar-refractivity contribution in [1.29, 1.82) is 0 Å². The average Bonchev–Trinajstić information content (AvgIpc) is 2.25. The van der Waals surface area contributed by atoms with Gasteiger partial charge < -0.3 is 20.4 Å². The van der Waals surface area contributed by atoms with Crippen molar-refractivity contribution in [3.05, 3.63) is 11.8 Å². The van der Waals surface area contributed by atoms with Gasteiger partial charge >= 0.3 is 0 Å². The molecule has 106 valence electrons. The van der Waals surface area contributed by atoms with E-state index in [1.807, 2.05) is 6.08 Å². The molecule has 1 heterocycles. The van der Waals surface area contributed by atoms with Gasteiger partial charge in [-0.1, -0.05) is 31.4 Å². The maximum atomic E-state index is 9.81. The SMILES string of the molecule is C[Si](C)(C)/C=C\CN1C[C@H](O)[C@@H](O)[C@H](O)C1CO. The molecule has 0 aromatic carbocycles. The Bertz CT molecular complexity index is 292. The molecule has 1 aliphatic heterocycles. The highest BCUT2D eigenvalue weighted by molar-refractivity contribution is 6.80. The van der Waals surface area contributed by atoms with Gasteiger partial charge in [-0.3, -0.25) is 4.90 Å². The van der Waals surface area contributed by atoms with Crippen LogP contribution in [0.25, 0.3) is 0 Å². The van der Waals surface area contributed by atoms with Crippen LogP contribution in [0.1, 0.15) is 0 Å². The number of piperidine rings is 1. The van der Waals surface area contributed by atoms with Gasteiger partial charge in [-0.2, -0.15) is 0 Å². The summed E-state index contributed by atoms with van der Waals surface area (Å²) < 4.78 is 0. The fraction of sp³-hybridized carbons (Fsp3) is 0.833. The highest BCUT2D eigenvalue weighted by Gasteiger charge is 2.40. The first-order valence-electron chi connectivity index (χ1n) is 6.33. The molecule has 6 heteroatoms. The molecule has 1 rings (SSSR count). The summed E-state index contributed by atoms with van der Waals surface area (Å²) in [6.45, 7) is 7.26. The normalized spacial score (nSPS) is 35.3. The molecule has 0 aromatic heterocycles. The zero-order valence-corrected chi connectivity index (χ0v) is 12.3. The summed E-state index contributed by atoms with van der Waals surface area (Å²) in [5.74, 6) is 0. The third-order valence-electron chi connectivity index (χ3n) is 3.17. The molecule has 1 saturated heterocycles. The molecule has 18 heavy (non-hydrogen) atoms. The van der Waals surface area contributed by atoms with E-state index < -0.39 is 32.4 Å². The molecule has 0 saturated carbocycles. The number of hydrogen-bond acceptors (Lipinski definition) is 5. The van der Waals surface area contributed by atoms with Gasteiger partial charge in [0, 0.05) is 13.1 Å². The number of likely N-dealkylation sites (tertiary alicyclic amines) is 1. The quantitative estimate of drug-likeness (QED) is 0.504. The minimum atomic E-state index is -1.27. The van der Waals surface area contributed by atoms with E-state index in [1.165, 1.54) is 0 Å². The molecule has 1 fully saturated rings. The van der Waals surface area contributed by atoms with Gasteiger partial charge in [0.15, 0.2) is 0 Å². The van der Waals surface area contributed by atoms with Crippen LogP contribution in [0.15, 0.2) is 11.8 Å². The predicted molar refractivity (Wildman–Crippen MR) is 73.0 cm³/mol. The Labute approximate surface area is 109 Å². The van der Waals surface area contributed by atoms with Gasteiger partial charge in [0.05, 0.1) is 26.8 Å². The van der Waals surface area contributed by atoms with Crippen LogP contribution in [0.4, 0.5) is 0 Å². The van der Waals surface area contributed by atoms with Crippen molar-refractivity contribution in [3.63, 3.8) is 0 Å². The van der Waals surface area contributed by atoms with Crippen LogP contribution in [0.3, 0.4) is 0 Å². The zero-order valence-electron chi connectivity index (χ0n) is 11.3. The van der Waals surface area contributed by atoms with Crippen molar-refractivity contribution in [2.75, 3.05) is 19.7 Å². The van der Waals surface area contributed by atoms with Crippen LogP contribution < -0.4 is 0 Å². The molecular formula is C12H25NO4Si. The van der Waals surface area contributed by atoms with Crippen LogP contribution in [0.5, 0.6) is 0 Å². The van der Waals surface area contributed by atoms with Crippen molar-refractivity contribution < 1.29 is 20.4 Å². The van der Waals surface area contributed by atoms with Gasteiger partial charge in [-0.15, -0.1) is 0 Å². The second-order valence-electron chi connectivity index (χ2n) is 6.02. The number of rotatable bonds is 4. The van der Waals surface area contributed by atoms with Gasteiger partial charge in [-0.25, -0.2) is 0 Å². The van der Waals surface area contributed by atoms with Crippen LogP contribution in [0, 0.1) is 0 Å². The molecule has 0 bridgehead atoms. The summed E-state index contributed by atoms with van der Waals surface area (Å²) in [7, 11) is -1.27. The maximum absolute atomic E-state index is 9.81. The lowest BCUT2D eigenvalue weighted by atomic mass is 9.94. The molecule has 5 nitrogen and oxygen atoms in total. The molecule has 0 radical (unpaired) electrons. The molecule has 0 aliphatic carbocycles. The van der Waals surface area contributed by atoms with Crippen molar-refractivity contribution >= 4 is 8.07 Å². The standard InChI is InChI=1S/C12H25NO4Si/c1-18(2,3)6-4-5-13-7-10(15)12(17)11(16)9(13)8-14/h4,6,9-12,14-17H,5,7-8H2,1-3H3/b6-4-/t9?,10-,11+,12+/m0/s1. The van der Waals surface area contributed by atoms with Gasteiger partial charge in [0.25, 0.3) is 0 Å². The summed E-state index contributed by atoms with van der Waals surface area (Å²) in [6.07, 6.45) is -1.24. The number of nitrogens with zero attached hydrogens (tertiary/aromatic N) is 1. The van der Waals surface area contributed by atoms with E-state index in [4.69, 9.17) is 0 Å². The lowest BCUT2D eigenvalue weighted by molar-refractivity contribution is -0.142. The van der Waals surface area contributed by atoms with E-state index in [0.29, 0.717) is 6.54 Å². The lowest BCUT2D eigenvalue weighted by Crippen LogP contribution is -2.62. The summed E-state index contributed by atoms with van der Waals surface area (Å²) in [5, 5.41) is 38.3. The largest absolute Gasteiger partial charge is 0.395 e. The van der Waals surface area contributed by atoms with Crippen molar-refractivity contribution in [3.8, 4) is 0 Å². The second kappa shape index (κ2) is 6.27. The number of aliphatic hydroxyl groups is 4. The number of hydrogen-bond donors (Lipinski definition) is 4. The number of β-amino-alcohol motifs (C(OH)–C–C–N with tert-alkyl or cyclic N) is 1. The predicted octanol–water partition coefficient (Wildman–Crippen LogP) is -0.821. The van der Waals surface area contributed by atoms with Crippen molar-refractivity contribution in [2.24, 2.45) is 0 Å². The topological polar surface area (TPSA) is 84.2 Å². The van der Waals surface area contributed by atoms with E-state index >= 15 is 0 Å². The summed E-state index contributed by atoms with van der Waals surface area (Å²) >= 11 is 0. The van der Waals surface area contributed by atoms with Crippen molar-refractivity contribution in [2.45, 2.75) is 44.0 Å². The Balaban J connectivity index is 2.66. The Morgan fingerprint density at radius 2 is 1.78 bits per heavy atom. The summed E-state index contributed by atoms with van der Waals surface area (Å²) in [4.78, 5) is 1.80. The molecule has 0 spiro atoms. The van der Waals surface area contributed by atoms with Gasteiger partial charge in [-0.05, 0) is 0 Å². The minimum Gasteiger partial charge on any atom is -0.395 e. The Morgan fingerprint density at radius 1 is 1.17 bits per heavy atom. The highest BCUT2D eigenvalue weighted by atomic mass is 28.3. The molecule has 1 unspecified atom stereocenters. The monoisotopic (exact) mass is 275 g/mol. The number of aliphatic hydroxyl groups excluding tert-OH is 4. The van der Waals surface area contributed by atoms with Gasteiger partial charge in [0.2, 0.25) is 0 Å². The smallest absolute Gasteiger partial charge is 0.109 e. The van der Waals surface area contributed by atoms with E-state index in [0.717, 1.165) is 0 Å². The molecule has 4 atom stereocenters. The molecule has 0 amide bonds. The molecule has 0 aromatic rings. The van der Waals surface area contributed by atoms with Crippen LogP contribution >= 0.6 is 0 Å². The summed E-state index contributed by atoms with van der Waals surface area (Å²) in [6, 6.07) is -0.519. The zero-order chi connectivity index (χ0) is 13.9. The van der Waals surface area contributed by atoms with Gasteiger partial charge in [0.1, 0.15) is 12.2 Å². The van der Waals surface area contributed by atoms with E-state index in [1.54, 1.807) is 4.90 Å². The summed E-state index contributed by atoms with van der Waals surface area (Å²) in [5.41, 5.74) is 2.19. The Morgan fingerprint density at radius 3 is 2.28 bits per heavy atom. The Kier molecular flexibility index (Phi) is 5.51. The molecule has 1 aliphatic rings. The maximum Gasteiger partial charge on any atom is 0.109 e. The third kappa shape index (κ3) is 4.15. The van der Waals surface area contributed by atoms with Crippen molar-refractivity contribution in [1.82, 2.24) is 4.90 Å². The van der Waals surface area contributed by atoms with E-state index in [2.05, 4.69) is 25.3 Å². The van der Waals surface area contributed by atoms with E-state index in [9.17, 15) is 20.4 Å². The first kappa shape index (κ1) is 15.8. The molecular weight excluding hydrogens is 250 g/mol. The minimum absolute atomic E-state index is 0.230. The fourth-order valence-electron chi connectivity index (χ4n) is 2.13. The second-order valence-corrected chi connectivity index (χ2v) is 11.1. The van der Waals surface area contributed by atoms with Crippen LogP contribution in [-0.2, 0) is 0 Å². The fourth-order valence-corrected chi connectivity index (χ4v) is 2.94. The average molecular weight is 275 g/mol.